The molecule has 17 rings (SSSR count). The maximum absolute atomic E-state index is 6.31. The fourth-order valence-electron chi connectivity index (χ4n) is 14.3. The normalized spacial score (nSPS) is 14.5. The number of para-hydroxylation sites is 4. The van der Waals surface area contributed by atoms with E-state index in [4.69, 9.17) is 9.15 Å². The number of anilines is 6. The second kappa shape index (κ2) is 19.6. The molecule has 2 aliphatic carbocycles. The SMILES string of the molecule is C1=C(c2ccc(N(c3ccccc3)c3cc4c(c5ccccc35)-c3c(cc(N(c5ccccc5)c5ccc(-c6ccc7oc8ccccc8c7c6)cc5)c5ccccc35)C4(c3ccccc3)c3ccccc3)cc2)CC2C(=C1)Oc1ccccc12. The molecule has 1 aliphatic heterocycles. The molecule has 1 unspecified atom stereocenters. The predicted octanol–water partition coefficient (Wildman–Crippen LogP) is 21.7. The van der Waals surface area contributed by atoms with E-state index in [1.54, 1.807) is 0 Å². The Balaban J connectivity index is 0.879. The third-order valence-corrected chi connectivity index (χ3v) is 18.1. The molecule has 0 saturated heterocycles. The van der Waals surface area contributed by atoms with Crippen LogP contribution < -0.4 is 14.5 Å². The fourth-order valence-corrected chi connectivity index (χ4v) is 14.3. The summed E-state index contributed by atoms with van der Waals surface area (Å²) in [5.41, 5.74) is 20.9. The fraction of sp³-hybridized carbons (Fsp3) is 0.0370. The van der Waals surface area contributed by atoms with Crippen molar-refractivity contribution in [2.45, 2.75) is 17.8 Å². The van der Waals surface area contributed by atoms with Gasteiger partial charge in [0.25, 0.3) is 0 Å². The van der Waals surface area contributed by atoms with Crippen molar-refractivity contribution in [3.8, 4) is 28.0 Å². The molecule has 4 nitrogen and oxygen atoms in total. The molecule has 3 aliphatic rings. The summed E-state index contributed by atoms with van der Waals surface area (Å²) < 4.78 is 12.6. The average molecular weight is 1090 g/mol. The molecule has 0 bridgehead atoms. The monoisotopic (exact) mass is 1090 g/mol. The molecule has 0 radical (unpaired) electrons. The van der Waals surface area contributed by atoms with Gasteiger partial charge in [-0.3, -0.25) is 0 Å². The van der Waals surface area contributed by atoms with Crippen LogP contribution in [-0.4, -0.2) is 0 Å². The molecule has 0 spiro atoms. The zero-order valence-electron chi connectivity index (χ0n) is 46.4. The third-order valence-electron chi connectivity index (χ3n) is 18.1. The van der Waals surface area contributed by atoms with Gasteiger partial charge in [-0.1, -0.05) is 218 Å². The second-order valence-corrected chi connectivity index (χ2v) is 22.6. The molecular formula is C81H54N2O2. The summed E-state index contributed by atoms with van der Waals surface area (Å²) in [6.45, 7) is 0. The minimum Gasteiger partial charge on any atom is -0.461 e. The van der Waals surface area contributed by atoms with Gasteiger partial charge in [0.1, 0.15) is 22.7 Å². The first-order valence-corrected chi connectivity index (χ1v) is 29.4. The topological polar surface area (TPSA) is 28.9 Å². The predicted molar refractivity (Wildman–Crippen MR) is 351 cm³/mol. The third kappa shape index (κ3) is 7.69. The lowest BCUT2D eigenvalue weighted by Crippen LogP contribution is -2.29. The average Bonchev–Trinajstić information content (AvgIpc) is 1.66. The summed E-state index contributed by atoms with van der Waals surface area (Å²) in [6, 6.07) is 109. The van der Waals surface area contributed by atoms with Gasteiger partial charge in [-0.25, -0.2) is 0 Å². The summed E-state index contributed by atoms with van der Waals surface area (Å²) in [7, 11) is 0. The van der Waals surface area contributed by atoms with E-state index in [2.05, 4.69) is 307 Å². The maximum Gasteiger partial charge on any atom is 0.135 e. The van der Waals surface area contributed by atoms with Crippen molar-refractivity contribution in [2.75, 3.05) is 9.80 Å². The largest absolute Gasteiger partial charge is 0.461 e. The summed E-state index contributed by atoms with van der Waals surface area (Å²) >= 11 is 0. The van der Waals surface area contributed by atoms with E-state index >= 15 is 0 Å². The van der Waals surface area contributed by atoms with Crippen LogP contribution in [0.1, 0.15) is 45.7 Å². The van der Waals surface area contributed by atoms with Gasteiger partial charge in [-0.05, 0) is 164 Å². The Labute approximate surface area is 493 Å². The first kappa shape index (κ1) is 48.7. The Morgan fingerprint density at radius 2 is 0.788 bits per heavy atom. The van der Waals surface area contributed by atoms with Crippen LogP contribution in [0.15, 0.2) is 320 Å². The second-order valence-electron chi connectivity index (χ2n) is 22.6. The Hall–Kier alpha value is -10.9. The number of hydrogen-bond acceptors (Lipinski definition) is 4. The highest BCUT2D eigenvalue weighted by molar-refractivity contribution is 6.18. The minimum atomic E-state index is -0.776. The van der Waals surface area contributed by atoms with Crippen molar-refractivity contribution < 1.29 is 9.15 Å². The number of benzene rings is 13. The van der Waals surface area contributed by atoms with E-state index in [1.165, 1.54) is 66.2 Å². The van der Waals surface area contributed by atoms with Gasteiger partial charge in [0.15, 0.2) is 0 Å². The minimum absolute atomic E-state index is 0.214. The van der Waals surface area contributed by atoms with Crippen molar-refractivity contribution >= 4 is 83.2 Å². The first-order valence-electron chi connectivity index (χ1n) is 29.4. The Morgan fingerprint density at radius 3 is 1.36 bits per heavy atom. The molecule has 1 aromatic heterocycles. The summed E-state index contributed by atoms with van der Waals surface area (Å²) in [5, 5.41) is 6.97. The van der Waals surface area contributed by atoms with Crippen molar-refractivity contribution in [3.63, 3.8) is 0 Å². The summed E-state index contributed by atoms with van der Waals surface area (Å²) in [6.07, 6.45) is 5.30. The number of rotatable bonds is 10. The van der Waals surface area contributed by atoms with Crippen LogP contribution in [0.25, 0.3) is 71.3 Å². The van der Waals surface area contributed by atoms with E-state index in [9.17, 15) is 0 Å². The Morgan fingerprint density at radius 1 is 0.341 bits per heavy atom. The van der Waals surface area contributed by atoms with Gasteiger partial charge >= 0.3 is 0 Å². The Bertz CT molecular complexity index is 4950. The highest BCUT2D eigenvalue weighted by Gasteiger charge is 2.49. The molecule has 400 valence electrons. The number of fused-ring (bicyclic) bond motifs is 13. The van der Waals surface area contributed by atoms with Crippen molar-refractivity contribution in [1.29, 1.82) is 0 Å². The van der Waals surface area contributed by atoms with Crippen LogP contribution in [0.4, 0.5) is 34.1 Å². The zero-order valence-corrected chi connectivity index (χ0v) is 46.4. The first-order chi connectivity index (χ1) is 42.2. The van der Waals surface area contributed by atoms with Crippen LogP contribution in [0, 0.1) is 0 Å². The van der Waals surface area contributed by atoms with Crippen LogP contribution in [0.3, 0.4) is 0 Å². The summed E-state index contributed by atoms with van der Waals surface area (Å²) in [4.78, 5) is 4.94. The number of nitrogens with zero attached hydrogens (tertiary/aromatic N) is 2. The van der Waals surface area contributed by atoms with Gasteiger partial charge in [0, 0.05) is 55.8 Å². The van der Waals surface area contributed by atoms with E-state index < -0.39 is 5.41 Å². The maximum atomic E-state index is 6.31. The molecule has 13 aromatic carbocycles. The standard InChI is InChI=1S/C81H54N2O2/c1-5-21-57(22-6-1)81(58-23-7-2-8-24-58)71-51-73(82(59-25-9-3-10-26-59)61-43-37-53(38-44-61)55-41-47-77-69(49-55)65-31-17-19-35-75(65)84-77)63-29-13-15-33-67(63)79(71)80-68-34-16-14-30-64(68)74(52-72(80)81)83(60-27-11-4-12-28-60)62-45-39-54(40-46-62)56-42-48-78-70(50-56)66-32-18-20-36-76(66)85-78/h1-49,51-52,70H,50H2. The molecule has 0 fully saturated rings. The van der Waals surface area contributed by atoms with Crippen molar-refractivity contribution in [2.24, 2.45) is 0 Å². The van der Waals surface area contributed by atoms with Crippen molar-refractivity contribution in [3.05, 3.63) is 349 Å². The molecule has 0 N–H and O–H groups in total. The lowest BCUT2D eigenvalue weighted by Gasteiger charge is -2.36. The lowest BCUT2D eigenvalue weighted by atomic mass is 9.67. The summed E-state index contributed by atoms with van der Waals surface area (Å²) in [5.74, 6) is 2.21. The van der Waals surface area contributed by atoms with Gasteiger partial charge < -0.3 is 19.0 Å². The van der Waals surface area contributed by atoms with E-state index in [0.717, 1.165) is 90.5 Å². The van der Waals surface area contributed by atoms with E-state index in [-0.39, 0.29) is 5.92 Å². The Kier molecular flexibility index (Phi) is 11.2. The molecule has 0 saturated carbocycles. The van der Waals surface area contributed by atoms with Crippen LogP contribution in [-0.2, 0) is 5.41 Å². The smallest absolute Gasteiger partial charge is 0.135 e. The van der Waals surface area contributed by atoms with E-state index in [0.29, 0.717) is 0 Å². The van der Waals surface area contributed by atoms with Gasteiger partial charge in [-0.15, -0.1) is 0 Å². The van der Waals surface area contributed by atoms with Gasteiger partial charge in [0.05, 0.1) is 16.8 Å². The highest BCUT2D eigenvalue weighted by Crippen LogP contribution is 2.63. The molecule has 0 amide bonds. The number of allylic oxidation sites excluding steroid dienone is 4. The van der Waals surface area contributed by atoms with Crippen LogP contribution in [0.5, 0.6) is 5.75 Å². The molecule has 14 aromatic rings. The number of ether oxygens (including phenoxy) is 1. The number of hydrogen-bond donors (Lipinski definition) is 0. The molecule has 1 atom stereocenters. The van der Waals surface area contributed by atoms with Gasteiger partial charge in [0.2, 0.25) is 0 Å². The number of furan rings is 1. The quantitative estimate of drug-likeness (QED) is 0.136. The van der Waals surface area contributed by atoms with Crippen LogP contribution >= 0.6 is 0 Å². The zero-order chi connectivity index (χ0) is 56.0. The van der Waals surface area contributed by atoms with E-state index in [1.807, 2.05) is 12.1 Å². The van der Waals surface area contributed by atoms with Gasteiger partial charge in [-0.2, -0.15) is 0 Å². The van der Waals surface area contributed by atoms with Crippen molar-refractivity contribution in [1.82, 2.24) is 0 Å². The molecule has 85 heavy (non-hydrogen) atoms. The molecule has 4 heteroatoms. The lowest BCUT2D eigenvalue weighted by molar-refractivity contribution is 0.426. The van der Waals surface area contributed by atoms with Crippen LogP contribution in [0.2, 0.25) is 0 Å². The molecular weight excluding hydrogens is 1030 g/mol. The highest BCUT2D eigenvalue weighted by atomic mass is 16.5. The molecule has 2 heterocycles.